The van der Waals surface area contributed by atoms with Crippen molar-refractivity contribution in [3.8, 4) is 34.5 Å². The molecule has 61 heavy (non-hydrogen) atoms. The number of para-hydroxylation sites is 2. The molecule has 0 saturated heterocycles. The first kappa shape index (κ1) is 54.3. The zero-order valence-electron chi connectivity index (χ0n) is 36.3. The summed E-state index contributed by atoms with van der Waals surface area (Å²) in [5.41, 5.74) is 2.41. The number of aromatic hydroxyl groups is 1. The normalized spacial score (nSPS) is 11.3. The maximum atomic E-state index is 12.1. The van der Waals surface area contributed by atoms with E-state index in [2.05, 4.69) is 13.8 Å². The van der Waals surface area contributed by atoms with Crippen LogP contribution in [0, 0.1) is 0 Å². The second kappa shape index (κ2) is 30.3. The van der Waals surface area contributed by atoms with Crippen molar-refractivity contribution < 1.29 is 45.6 Å². The molecule has 4 rings (SSSR count). The second-order valence-electron chi connectivity index (χ2n) is 15.5. The van der Waals surface area contributed by atoms with Gasteiger partial charge in [0.1, 0.15) is 32.3 Å². The predicted octanol–water partition coefficient (Wildman–Crippen LogP) is 12.4. The number of hydrogen-bond acceptors (Lipinski definition) is 9. The van der Waals surface area contributed by atoms with E-state index < -0.39 is 41.5 Å². The fourth-order valence-electron chi connectivity index (χ4n) is 6.90. The zero-order valence-corrected chi connectivity index (χ0v) is 40.2. The molecule has 0 saturated carbocycles. The smallest absolute Gasteiger partial charge is 0.869 e. The van der Waals surface area contributed by atoms with E-state index in [4.69, 9.17) is 14.0 Å². The van der Waals surface area contributed by atoms with Gasteiger partial charge in [-0.05, 0) is 91.1 Å². The number of ether oxygens (including phenoxy) is 2. The molecule has 4 aromatic rings. The first-order valence-electron chi connectivity index (χ1n) is 21.9. The van der Waals surface area contributed by atoms with E-state index >= 15 is 0 Å². The van der Waals surface area contributed by atoms with Crippen LogP contribution in [0.3, 0.4) is 0 Å². The zero-order chi connectivity index (χ0) is 43.6. The van der Waals surface area contributed by atoms with Crippen LogP contribution in [0.5, 0.6) is 34.5 Å². The Morgan fingerprint density at radius 2 is 0.836 bits per heavy atom. The van der Waals surface area contributed by atoms with Gasteiger partial charge < -0.3 is 24.2 Å². The molecule has 0 aromatic heterocycles. The Kier molecular flexibility index (Phi) is 27.0. The van der Waals surface area contributed by atoms with Crippen LogP contribution in [-0.4, -0.2) is 68.8 Å². The molecule has 332 valence electrons. The summed E-state index contributed by atoms with van der Waals surface area (Å²) in [6.07, 6.45) is 28.2. The van der Waals surface area contributed by atoms with Gasteiger partial charge in [-0.3, -0.25) is 4.55 Å². The van der Waals surface area contributed by atoms with E-state index in [9.17, 15) is 31.6 Å². The van der Waals surface area contributed by atoms with E-state index in [1.54, 1.807) is 24.3 Å². The minimum atomic E-state index is -4.82. The minimum Gasteiger partial charge on any atom is -0.869 e. The van der Waals surface area contributed by atoms with E-state index in [0.29, 0.717) is 11.5 Å². The number of hydrogen-bond donors (Lipinski definition) is 2. The average molecular weight is 907 g/mol. The number of phenolic OH excluding ortho intramolecular Hbond substituents is 1. The molecule has 10 nitrogen and oxygen atoms in total. The van der Waals surface area contributed by atoms with Gasteiger partial charge in [0.15, 0.2) is 11.5 Å². The maximum Gasteiger partial charge on any atom is 2.00 e. The largest absolute Gasteiger partial charge is 2.00 e. The molecule has 0 aliphatic rings. The van der Waals surface area contributed by atoms with Crippen molar-refractivity contribution in [2.45, 2.75) is 165 Å². The molecular weight excluding hydrogens is 841 g/mol. The molecule has 0 atom stereocenters. The summed E-state index contributed by atoms with van der Waals surface area (Å²) in [5, 5.41) is 22.1. The fraction of sp³-hybridized carbons (Fsp3) is 0.500. The molecule has 2 N–H and O–H groups in total. The molecule has 0 spiro atoms. The Morgan fingerprint density at radius 1 is 0.492 bits per heavy atom. The third kappa shape index (κ3) is 21.9. The summed E-state index contributed by atoms with van der Waals surface area (Å²) >= 11 is 0. The molecule has 0 amide bonds. The van der Waals surface area contributed by atoms with Crippen molar-refractivity contribution in [3.05, 3.63) is 96.1 Å². The SMILES string of the molecule is CCCCCCCCCCCCc1ccc(Oc2cccc(S(=O)(=O)O)c2O)cc1.CCCCCCCCCCCCc1ccc(Oc2cccc(S(=O)(=O)[O-])c2[O-])cc1.[Ca+2]. The van der Waals surface area contributed by atoms with Crippen LogP contribution in [0.15, 0.2) is 94.7 Å². The van der Waals surface area contributed by atoms with Crippen LogP contribution in [0.4, 0.5) is 0 Å². The van der Waals surface area contributed by atoms with Crippen molar-refractivity contribution in [1.82, 2.24) is 0 Å². The third-order valence-corrected chi connectivity index (χ3v) is 12.1. The van der Waals surface area contributed by atoms with Gasteiger partial charge in [-0.25, -0.2) is 8.42 Å². The van der Waals surface area contributed by atoms with Crippen molar-refractivity contribution in [3.63, 3.8) is 0 Å². The van der Waals surface area contributed by atoms with Crippen LogP contribution in [-0.2, 0) is 33.1 Å². The van der Waals surface area contributed by atoms with E-state index in [-0.39, 0.29) is 49.2 Å². The van der Waals surface area contributed by atoms with Crippen molar-refractivity contribution in [2.75, 3.05) is 0 Å². The average Bonchev–Trinajstić information content (AvgIpc) is 3.21. The van der Waals surface area contributed by atoms with Crippen LogP contribution in [0.25, 0.3) is 0 Å². The molecule has 0 aliphatic carbocycles. The summed E-state index contributed by atoms with van der Waals surface area (Å²) in [5.74, 6) is -0.790. The van der Waals surface area contributed by atoms with Gasteiger partial charge in [0.05, 0.1) is 4.90 Å². The van der Waals surface area contributed by atoms with E-state index in [0.717, 1.165) is 37.8 Å². The summed E-state index contributed by atoms with van der Waals surface area (Å²) in [4.78, 5) is -1.37. The Labute approximate surface area is 396 Å². The molecule has 4 aromatic carbocycles. The Bertz CT molecular complexity index is 1870. The van der Waals surface area contributed by atoms with Gasteiger partial charge in [-0.15, -0.1) is 0 Å². The van der Waals surface area contributed by atoms with Gasteiger partial charge in [0.2, 0.25) is 0 Å². The Morgan fingerprint density at radius 3 is 1.21 bits per heavy atom. The quantitative estimate of drug-likeness (QED) is 0.0317. The summed E-state index contributed by atoms with van der Waals surface area (Å²) in [6.45, 7) is 4.49. The molecule has 0 fully saturated rings. The number of rotatable bonds is 28. The van der Waals surface area contributed by atoms with Crippen LogP contribution in [0.2, 0.25) is 0 Å². The number of benzene rings is 4. The second-order valence-corrected chi connectivity index (χ2v) is 18.2. The summed E-state index contributed by atoms with van der Waals surface area (Å²) < 4.78 is 76.2. The maximum absolute atomic E-state index is 12.1. The Hall–Kier alpha value is -2.84. The van der Waals surface area contributed by atoms with Gasteiger partial charge in [-0.2, -0.15) is 8.42 Å². The topological polar surface area (TPSA) is 173 Å². The molecular formula is C48H66CaO10S2. The van der Waals surface area contributed by atoms with Crippen molar-refractivity contribution >= 4 is 58.0 Å². The standard InChI is InChI=1S/2C24H34O5S.Ca/c2*1-2-3-4-5-6-7-8-9-10-11-13-20-16-18-21(19-17-20)29-22-14-12-15-23(24(22)25)30(26,27)28;/h2*12,14-19,25H,2-11,13H2,1H3,(H,26,27,28);/q;;+2/p-2. The van der Waals surface area contributed by atoms with Crippen molar-refractivity contribution in [2.24, 2.45) is 0 Å². The number of unbranched alkanes of at least 4 members (excludes halogenated alkanes) is 18. The minimum absolute atomic E-state index is 0. The van der Waals surface area contributed by atoms with Gasteiger partial charge >= 0.3 is 37.7 Å². The molecule has 0 bridgehead atoms. The van der Waals surface area contributed by atoms with Gasteiger partial charge in [-0.1, -0.05) is 166 Å². The van der Waals surface area contributed by atoms with Crippen LogP contribution in [0.1, 0.15) is 153 Å². The summed E-state index contributed by atoms with van der Waals surface area (Å²) in [6, 6.07) is 22.6. The summed E-state index contributed by atoms with van der Waals surface area (Å²) in [7, 11) is -9.33. The van der Waals surface area contributed by atoms with Crippen LogP contribution < -0.4 is 14.6 Å². The third-order valence-electron chi connectivity index (χ3n) is 10.4. The van der Waals surface area contributed by atoms with E-state index in [1.807, 2.05) is 24.3 Å². The molecule has 0 unspecified atom stereocenters. The van der Waals surface area contributed by atoms with E-state index in [1.165, 1.54) is 151 Å². The number of phenols is 1. The molecule has 0 heterocycles. The Balaban J connectivity index is 0.000000413. The first-order chi connectivity index (χ1) is 28.8. The van der Waals surface area contributed by atoms with Crippen LogP contribution >= 0.6 is 0 Å². The monoisotopic (exact) mass is 906 g/mol. The fourth-order valence-corrected chi connectivity index (χ4v) is 8.07. The first-order valence-corrected chi connectivity index (χ1v) is 24.8. The van der Waals surface area contributed by atoms with Gasteiger partial charge in [0, 0.05) is 0 Å². The molecule has 0 aliphatic heterocycles. The molecule has 13 heteroatoms. The predicted molar refractivity (Wildman–Crippen MR) is 242 cm³/mol. The molecule has 0 radical (unpaired) electrons. The van der Waals surface area contributed by atoms with Crippen molar-refractivity contribution in [1.29, 1.82) is 0 Å². The van der Waals surface area contributed by atoms with Gasteiger partial charge in [0.25, 0.3) is 10.1 Å². The number of aryl methyl sites for hydroxylation is 2.